The summed E-state index contributed by atoms with van der Waals surface area (Å²) in [5, 5.41) is 0.440. The molecule has 0 atom stereocenters. The van der Waals surface area contributed by atoms with E-state index in [4.69, 9.17) is 17.3 Å². The normalized spacial score (nSPS) is 10.2. The molecule has 0 aromatic heterocycles. The summed E-state index contributed by atoms with van der Waals surface area (Å²) in [5.74, 6) is -0.115. The molecule has 0 spiro atoms. The van der Waals surface area contributed by atoms with Gasteiger partial charge in [-0.3, -0.25) is 4.79 Å². The lowest BCUT2D eigenvalue weighted by Gasteiger charge is -2.04. The van der Waals surface area contributed by atoms with Crippen LogP contribution in [0.5, 0.6) is 0 Å². The molecule has 0 fully saturated rings. The second-order valence-corrected chi connectivity index (χ2v) is 4.90. The highest BCUT2D eigenvalue weighted by Crippen LogP contribution is 2.23. The molecule has 2 aromatic rings. The highest BCUT2D eigenvalue weighted by molar-refractivity contribution is 9.10. The molecule has 2 nitrogen and oxygen atoms in total. The molecule has 2 N–H and O–H groups in total. The van der Waals surface area contributed by atoms with Crippen LogP contribution in [0.3, 0.4) is 0 Å². The molecule has 0 unspecified atom stereocenters. The fourth-order valence-electron chi connectivity index (χ4n) is 1.46. The van der Waals surface area contributed by atoms with Gasteiger partial charge >= 0.3 is 0 Å². The molecular weight excluding hydrogens is 302 g/mol. The molecule has 4 heteroatoms. The second-order valence-electron chi connectivity index (χ2n) is 3.58. The predicted molar refractivity (Wildman–Crippen MR) is 73.4 cm³/mol. The van der Waals surface area contributed by atoms with Gasteiger partial charge in [0, 0.05) is 21.3 Å². The highest BCUT2D eigenvalue weighted by atomic mass is 79.9. The van der Waals surface area contributed by atoms with E-state index in [1.807, 2.05) is 0 Å². The Kier molecular flexibility index (Phi) is 3.50. The number of hydrogen-bond acceptors (Lipinski definition) is 2. The first-order valence-electron chi connectivity index (χ1n) is 4.93. The monoisotopic (exact) mass is 309 g/mol. The molecule has 0 heterocycles. The van der Waals surface area contributed by atoms with E-state index in [0.29, 0.717) is 21.8 Å². The minimum absolute atomic E-state index is 0.115. The summed E-state index contributed by atoms with van der Waals surface area (Å²) in [6.07, 6.45) is 0. The number of carbonyl (C=O) groups is 1. The van der Waals surface area contributed by atoms with Crippen LogP contribution in [-0.2, 0) is 0 Å². The second kappa shape index (κ2) is 4.90. The van der Waals surface area contributed by atoms with Crippen molar-refractivity contribution in [1.82, 2.24) is 0 Å². The van der Waals surface area contributed by atoms with E-state index in [0.717, 1.165) is 4.47 Å². The molecule has 0 amide bonds. The van der Waals surface area contributed by atoms with Crippen molar-refractivity contribution in [2.45, 2.75) is 0 Å². The average Bonchev–Trinajstić information content (AvgIpc) is 2.32. The van der Waals surface area contributed by atoms with E-state index in [1.54, 1.807) is 42.5 Å². The maximum Gasteiger partial charge on any atom is 0.194 e. The van der Waals surface area contributed by atoms with Crippen molar-refractivity contribution in [1.29, 1.82) is 0 Å². The number of benzene rings is 2. The number of anilines is 1. The van der Waals surface area contributed by atoms with Crippen molar-refractivity contribution in [2.24, 2.45) is 0 Å². The first-order chi connectivity index (χ1) is 8.08. The zero-order chi connectivity index (χ0) is 12.4. The molecule has 17 heavy (non-hydrogen) atoms. The van der Waals surface area contributed by atoms with Crippen molar-refractivity contribution in [3.63, 3.8) is 0 Å². The number of carbonyl (C=O) groups excluding carboxylic acids is 1. The molecule has 0 saturated heterocycles. The molecule has 0 bridgehead atoms. The third-order valence-electron chi connectivity index (χ3n) is 2.35. The topological polar surface area (TPSA) is 43.1 Å². The van der Waals surface area contributed by atoms with Crippen LogP contribution in [-0.4, -0.2) is 5.78 Å². The molecule has 0 saturated carbocycles. The largest absolute Gasteiger partial charge is 0.399 e. The summed E-state index contributed by atoms with van der Waals surface area (Å²) in [5.41, 5.74) is 7.25. The van der Waals surface area contributed by atoms with Gasteiger partial charge in [-0.1, -0.05) is 27.5 Å². The summed E-state index contributed by atoms with van der Waals surface area (Å²) in [4.78, 5) is 12.2. The molecule has 2 rings (SSSR count). The highest BCUT2D eigenvalue weighted by Gasteiger charge is 2.12. The van der Waals surface area contributed by atoms with Crippen LogP contribution >= 0.6 is 27.5 Å². The van der Waals surface area contributed by atoms with Crippen molar-refractivity contribution in [2.75, 3.05) is 5.73 Å². The Morgan fingerprint density at radius 1 is 1.12 bits per heavy atom. The number of nitrogen functional groups attached to an aromatic ring is 1. The quantitative estimate of drug-likeness (QED) is 0.675. The summed E-state index contributed by atoms with van der Waals surface area (Å²) >= 11 is 9.32. The minimum atomic E-state index is -0.115. The first kappa shape index (κ1) is 12.1. The Labute approximate surface area is 113 Å². The van der Waals surface area contributed by atoms with Crippen LogP contribution in [0.1, 0.15) is 15.9 Å². The summed E-state index contributed by atoms with van der Waals surface area (Å²) < 4.78 is 0.820. The zero-order valence-corrected chi connectivity index (χ0v) is 11.1. The van der Waals surface area contributed by atoms with E-state index in [1.165, 1.54) is 0 Å². The number of ketones is 1. The smallest absolute Gasteiger partial charge is 0.194 e. The third-order valence-corrected chi connectivity index (χ3v) is 3.17. The molecule has 0 aliphatic heterocycles. The summed E-state index contributed by atoms with van der Waals surface area (Å²) in [6, 6.07) is 12.0. The Morgan fingerprint density at radius 2 is 1.76 bits per heavy atom. The number of hydrogen-bond donors (Lipinski definition) is 1. The van der Waals surface area contributed by atoms with Gasteiger partial charge in [-0.05, 0) is 42.5 Å². The van der Waals surface area contributed by atoms with Gasteiger partial charge in [-0.25, -0.2) is 0 Å². The minimum Gasteiger partial charge on any atom is -0.399 e. The Morgan fingerprint density at radius 3 is 2.41 bits per heavy atom. The van der Waals surface area contributed by atoms with Gasteiger partial charge in [0.25, 0.3) is 0 Å². The summed E-state index contributed by atoms with van der Waals surface area (Å²) in [6.45, 7) is 0. The van der Waals surface area contributed by atoms with Crippen LogP contribution in [0.2, 0.25) is 5.02 Å². The van der Waals surface area contributed by atoms with Gasteiger partial charge in [-0.15, -0.1) is 0 Å². The van der Waals surface area contributed by atoms with Gasteiger partial charge in [0.05, 0.1) is 5.02 Å². The van der Waals surface area contributed by atoms with Crippen LogP contribution < -0.4 is 5.73 Å². The fourth-order valence-corrected chi connectivity index (χ4v) is 2.03. The van der Waals surface area contributed by atoms with Crippen LogP contribution in [0.4, 0.5) is 5.69 Å². The van der Waals surface area contributed by atoms with Gasteiger partial charge < -0.3 is 5.73 Å². The third kappa shape index (κ3) is 2.68. The Hall–Kier alpha value is -1.32. The maximum absolute atomic E-state index is 12.2. The molecule has 86 valence electrons. The van der Waals surface area contributed by atoms with E-state index < -0.39 is 0 Å². The van der Waals surface area contributed by atoms with Gasteiger partial charge in [0.2, 0.25) is 0 Å². The lowest BCUT2D eigenvalue weighted by molar-refractivity contribution is 0.103. The van der Waals surface area contributed by atoms with E-state index in [2.05, 4.69) is 15.9 Å². The van der Waals surface area contributed by atoms with Crippen LogP contribution in [0.25, 0.3) is 0 Å². The molecular formula is C13H9BrClNO. The van der Waals surface area contributed by atoms with Gasteiger partial charge in [0.1, 0.15) is 0 Å². The van der Waals surface area contributed by atoms with Crippen molar-refractivity contribution in [3.05, 3.63) is 63.1 Å². The first-order valence-corrected chi connectivity index (χ1v) is 6.10. The Balaban J connectivity index is 2.43. The lowest BCUT2D eigenvalue weighted by Crippen LogP contribution is -2.02. The standard InChI is InChI=1S/C13H9BrClNO/c14-9-3-6-12(15)11(7-9)13(17)8-1-4-10(16)5-2-8/h1-7H,16H2. The predicted octanol–water partition coefficient (Wildman–Crippen LogP) is 3.92. The van der Waals surface area contributed by atoms with E-state index >= 15 is 0 Å². The van der Waals surface area contributed by atoms with Gasteiger partial charge in [0.15, 0.2) is 5.78 Å². The van der Waals surface area contributed by atoms with Crippen LogP contribution in [0.15, 0.2) is 46.9 Å². The molecule has 0 aliphatic carbocycles. The van der Waals surface area contributed by atoms with Crippen molar-refractivity contribution >= 4 is 39.0 Å². The van der Waals surface area contributed by atoms with Crippen molar-refractivity contribution in [3.8, 4) is 0 Å². The molecule has 2 aromatic carbocycles. The number of rotatable bonds is 2. The van der Waals surface area contributed by atoms with Crippen LogP contribution in [0, 0.1) is 0 Å². The Bertz CT molecular complexity index is 566. The van der Waals surface area contributed by atoms with E-state index in [9.17, 15) is 4.79 Å². The van der Waals surface area contributed by atoms with Crippen molar-refractivity contribution < 1.29 is 4.79 Å². The average molecular weight is 311 g/mol. The maximum atomic E-state index is 12.2. The van der Waals surface area contributed by atoms with E-state index in [-0.39, 0.29) is 5.78 Å². The fraction of sp³-hybridized carbons (Fsp3) is 0. The summed E-state index contributed by atoms with van der Waals surface area (Å²) in [7, 11) is 0. The SMILES string of the molecule is Nc1ccc(C(=O)c2cc(Br)ccc2Cl)cc1. The van der Waals surface area contributed by atoms with Gasteiger partial charge in [-0.2, -0.15) is 0 Å². The zero-order valence-electron chi connectivity index (χ0n) is 8.78. The number of halogens is 2. The molecule has 0 radical (unpaired) electrons. The molecule has 0 aliphatic rings. The number of nitrogens with two attached hydrogens (primary N) is 1. The lowest BCUT2D eigenvalue weighted by atomic mass is 10.0.